The van der Waals surface area contributed by atoms with Gasteiger partial charge in [0.1, 0.15) is 5.75 Å². The van der Waals surface area contributed by atoms with E-state index in [1.54, 1.807) is 0 Å². The number of phenolic OH excluding ortho intramolecular Hbond substituents is 1. The summed E-state index contributed by atoms with van der Waals surface area (Å²) in [5.74, 6) is -5.76. The summed E-state index contributed by atoms with van der Waals surface area (Å²) in [6.45, 7) is -0.366. The summed E-state index contributed by atoms with van der Waals surface area (Å²) in [6, 6.07) is 1.18. The lowest BCUT2D eigenvalue weighted by Crippen LogP contribution is -2.44. The minimum absolute atomic E-state index is 0.148. The van der Waals surface area contributed by atoms with E-state index in [1.807, 2.05) is 5.92 Å². The lowest BCUT2D eigenvalue weighted by Gasteiger charge is -2.25. The molecule has 0 atom stereocenters. The van der Waals surface area contributed by atoms with E-state index in [1.165, 1.54) is 14.1 Å². The predicted octanol–water partition coefficient (Wildman–Crippen LogP) is 1.07. The molecular weight excluding hydrogens is 413 g/mol. The Hall–Kier alpha value is -3.33. The normalized spacial score (nSPS) is 11.2. The van der Waals surface area contributed by atoms with E-state index >= 15 is 0 Å². The van der Waals surface area contributed by atoms with Crippen LogP contribution in [0.4, 0.5) is 18.9 Å². The zero-order chi connectivity index (χ0) is 22.3. The number of anilines is 1. The number of hydrogen-bond donors (Lipinski definition) is 1. The van der Waals surface area contributed by atoms with Gasteiger partial charge in [0.05, 0.1) is 17.9 Å². The van der Waals surface area contributed by atoms with Gasteiger partial charge in [-0.15, -0.1) is 6.42 Å². The van der Waals surface area contributed by atoms with Crippen LogP contribution in [0.15, 0.2) is 21.7 Å². The number of benzene rings is 1. The molecule has 29 heavy (non-hydrogen) atoms. The van der Waals surface area contributed by atoms with Gasteiger partial charge in [-0.3, -0.25) is 18.8 Å². The van der Waals surface area contributed by atoms with Gasteiger partial charge in [0, 0.05) is 27.1 Å². The predicted molar refractivity (Wildman–Crippen MR) is 101 cm³/mol. The lowest BCUT2D eigenvalue weighted by molar-refractivity contribution is -0.139. The summed E-state index contributed by atoms with van der Waals surface area (Å²) < 4.78 is 43.6. The number of halogens is 3. The van der Waals surface area contributed by atoms with Crippen molar-refractivity contribution in [2.75, 3.05) is 11.4 Å². The maximum Gasteiger partial charge on any atom is 0.338 e. The fraction of sp³-hybridized carbons (Fsp3) is 0.294. The molecule has 2 rings (SSSR count). The SMILES string of the molecule is C#CCN(C(=O)C(C)(F)F)c1cc(-n2c(=O)n(C)c(=S)n(C)c2=O)c(F)cc1O. The third-order valence-corrected chi connectivity index (χ3v) is 4.52. The van der Waals surface area contributed by atoms with Crippen LogP contribution >= 0.6 is 12.2 Å². The molecule has 1 aromatic carbocycles. The number of aromatic nitrogens is 3. The van der Waals surface area contributed by atoms with Gasteiger partial charge in [0.2, 0.25) is 0 Å². The maximum absolute atomic E-state index is 14.5. The Labute approximate surface area is 167 Å². The molecule has 0 fully saturated rings. The molecule has 1 N–H and O–H groups in total. The molecule has 0 aliphatic rings. The van der Waals surface area contributed by atoms with Gasteiger partial charge in [0.15, 0.2) is 10.6 Å². The Kier molecular flexibility index (Phi) is 5.75. The van der Waals surface area contributed by atoms with Crippen molar-refractivity contribution in [3.8, 4) is 23.8 Å². The van der Waals surface area contributed by atoms with Crippen LogP contribution in [0.25, 0.3) is 5.69 Å². The number of carbonyl (C=O) groups excluding carboxylic acids is 1. The van der Waals surface area contributed by atoms with Crippen LogP contribution in [0.3, 0.4) is 0 Å². The van der Waals surface area contributed by atoms with Crippen molar-refractivity contribution >= 4 is 23.8 Å². The number of carbonyl (C=O) groups is 1. The fourth-order valence-electron chi connectivity index (χ4n) is 2.50. The lowest BCUT2D eigenvalue weighted by atomic mass is 10.2. The summed E-state index contributed by atoms with van der Waals surface area (Å²) in [4.78, 5) is 37.4. The molecule has 8 nitrogen and oxygen atoms in total. The Balaban J connectivity index is 2.89. The Bertz CT molecular complexity index is 1180. The topological polar surface area (TPSA) is 89.5 Å². The van der Waals surface area contributed by atoms with Gasteiger partial charge in [-0.2, -0.15) is 8.78 Å². The second-order valence-corrected chi connectivity index (χ2v) is 6.44. The summed E-state index contributed by atoms with van der Waals surface area (Å²) in [5.41, 5.74) is -3.35. The highest BCUT2D eigenvalue weighted by molar-refractivity contribution is 7.71. The number of alkyl halides is 2. The van der Waals surface area contributed by atoms with Gasteiger partial charge < -0.3 is 5.11 Å². The summed E-state index contributed by atoms with van der Waals surface area (Å²) in [7, 11) is 2.48. The van der Waals surface area contributed by atoms with Crippen LogP contribution in [-0.2, 0) is 18.9 Å². The van der Waals surface area contributed by atoms with Crippen LogP contribution in [0.1, 0.15) is 6.92 Å². The van der Waals surface area contributed by atoms with Gasteiger partial charge in [-0.05, 0) is 18.3 Å². The first kappa shape index (κ1) is 22.0. The number of amides is 1. The van der Waals surface area contributed by atoms with E-state index < -0.39 is 52.7 Å². The van der Waals surface area contributed by atoms with Crippen molar-refractivity contribution in [2.45, 2.75) is 12.8 Å². The highest BCUT2D eigenvalue weighted by atomic mass is 32.1. The van der Waals surface area contributed by atoms with Crippen molar-refractivity contribution in [2.24, 2.45) is 14.1 Å². The van der Waals surface area contributed by atoms with E-state index in [0.717, 1.165) is 9.13 Å². The number of terminal acetylenes is 1. The largest absolute Gasteiger partial charge is 0.506 e. The van der Waals surface area contributed by atoms with Crippen molar-refractivity contribution < 1.29 is 23.1 Å². The van der Waals surface area contributed by atoms with E-state index in [9.17, 15) is 32.7 Å². The van der Waals surface area contributed by atoms with Crippen molar-refractivity contribution in [1.29, 1.82) is 0 Å². The van der Waals surface area contributed by atoms with E-state index in [-0.39, 0.29) is 4.77 Å². The second-order valence-electron chi connectivity index (χ2n) is 6.08. The van der Waals surface area contributed by atoms with Crippen LogP contribution in [0.2, 0.25) is 0 Å². The molecule has 0 bridgehead atoms. The first-order chi connectivity index (χ1) is 13.3. The minimum Gasteiger partial charge on any atom is -0.506 e. The Morgan fingerprint density at radius 2 is 1.79 bits per heavy atom. The molecule has 0 saturated carbocycles. The zero-order valence-corrected chi connectivity index (χ0v) is 16.3. The highest BCUT2D eigenvalue weighted by Crippen LogP contribution is 2.33. The van der Waals surface area contributed by atoms with Crippen LogP contribution < -0.4 is 16.3 Å². The van der Waals surface area contributed by atoms with Gasteiger partial charge in [0.25, 0.3) is 5.91 Å². The first-order valence-electron chi connectivity index (χ1n) is 7.88. The summed E-state index contributed by atoms with van der Waals surface area (Å²) in [5, 5.41) is 10.0. The molecule has 1 heterocycles. The summed E-state index contributed by atoms with van der Waals surface area (Å²) in [6.07, 6.45) is 5.11. The molecule has 0 unspecified atom stereocenters. The zero-order valence-electron chi connectivity index (χ0n) is 15.4. The van der Waals surface area contributed by atoms with Crippen LogP contribution in [0, 0.1) is 22.9 Å². The standard InChI is InChI=1S/C17H15F3N4O4S/c1-5-6-23(13(26)17(2,19)20)11-8-10(9(18)7-12(11)25)24-14(27)21(3)16(29)22(4)15(24)28/h1,7-8,25H,6H2,2-4H3. The number of phenols is 1. The van der Waals surface area contributed by atoms with Crippen molar-refractivity contribution in [3.05, 3.63) is 43.7 Å². The monoisotopic (exact) mass is 428 g/mol. The van der Waals surface area contributed by atoms with Gasteiger partial charge in [-0.1, -0.05) is 5.92 Å². The quantitative estimate of drug-likeness (QED) is 0.581. The number of aromatic hydroxyl groups is 1. The van der Waals surface area contributed by atoms with E-state index in [2.05, 4.69) is 0 Å². The first-order valence-corrected chi connectivity index (χ1v) is 8.29. The molecule has 0 saturated heterocycles. The summed E-state index contributed by atoms with van der Waals surface area (Å²) >= 11 is 4.93. The Morgan fingerprint density at radius 3 is 2.24 bits per heavy atom. The number of rotatable bonds is 4. The molecule has 0 radical (unpaired) electrons. The van der Waals surface area contributed by atoms with E-state index in [0.29, 0.717) is 28.5 Å². The number of nitrogens with zero attached hydrogens (tertiary/aromatic N) is 4. The number of hydrogen-bond acceptors (Lipinski definition) is 5. The van der Waals surface area contributed by atoms with Crippen molar-refractivity contribution in [3.63, 3.8) is 0 Å². The minimum atomic E-state index is -3.86. The molecule has 0 aliphatic heterocycles. The molecule has 12 heteroatoms. The molecule has 0 aliphatic carbocycles. The van der Waals surface area contributed by atoms with Crippen molar-refractivity contribution in [1.82, 2.24) is 13.7 Å². The molecular formula is C17H15F3N4O4S. The van der Waals surface area contributed by atoms with Crippen LogP contribution in [-0.4, -0.2) is 37.2 Å². The Morgan fingerprint density at radius 1 is 1.28 bits per heavy atom. The second kappa shape index (κ2) is 7.59. The molecule has 1 amide bonds. The molecule has 2 aromatic rings. The van der Waals surface area contributed by atoms with Gasteiger partial charge in [-0.25, -0.2) is 18.5 Å². The average molecular weight is 428 g/mol. The third-order valence-electron chi connectivity index (χ3n) is 3.98. The highest BCUT2D eigenvalue weighted by Gasteiger charge is 2.38. The molecule has 1 aromatic heterocycles. The molecule has 154 valence electrons. The van der Waals surface area contributed by atoms with E-state index in [4.69, 9.17) is 18.6 Å². The smallest absolute Gasteiger partial charge is 0.338 e. The van der Waals surface area contributed by atoms with Crippen LogP contribution in [0.5, 0.6) is 5.75 Å². The average Bonchev–Trinajstić information content (AvgIpc) is 2.63. The maximum atomic E-state index is 14.5. The molecule has 0 spiro atoms. The van der Waals surface area contributed by atoms with Gasteiger partial charge >= 0.3 is 17.3 Å². The third kappa shape index (κ3) is 3.81. The fourth-order valence-corrected chi connectivity index (χ4v) is 2.66.